The molecule has 0 unspecified atom stereocenters. The molecule has 10 nitrogen and oxygen atoms in total. The van der Waals surface area contributed by atoms with Crippen molar-refractivity contribution in [3.8, 4) is 0 Å². The molecule has 0 bridgehead atoms. The molecule has 1 N–H and O–H groups in total. The zero-order valence-electron chi connectivity index (χ0n) is 18.4. The van der Waals surface area contributed by atoms with E-state index in [0.29, 0.717) is 26.2 Å². The molecular weight excluding hydrogens is 462 g/mol. The van der Waals surface area contributed by atoms with E-state index in [1.54, 1.807) is 4.90 Å². The van der Waals surface area contributed by atoms with Crippen molar-refractivity contribution in [2.24, 2.45) is 0 Å². The highest BCUT2D eigenvalue weighted by Gasteiger charge is 2.37. The SMILES string of the molecule is O=C1NCCN(C(=O)c2ccc([N+](=O)[O-])cc2Cl)[C@H]1CC(=O)N1CCN(c2ccccc2)CC1. The number of benzene rings is 2. The highest BCUT2D eigenvalue weighted by Crippen LogP contribution is 2.25. The van der Waals surface area contributed by atoms with E-state index in [9.17, 15) is 24.5 Å². The molecule has 2 aromatic carbocycles. The molecule has 2 aliphatic heterocycles. The number of piperazine rings is 2. The van der Waals surface area contributed by atoms with Crippen LogP contribution in [0.5, 0.6) is 0 Å². The smallest absolute Gasteiger partial charge is 0.270 e. The number of para-hydroxylation sites is 1. The summed E-state index contributed by atoms with van der Waals surface area (Å²) in [6.45, 7) is 2.84. The van der Waals surface area contributed by atoms with Gasteiger partial charge in [-0.1, -0.05) is 29.8 Å². The fourth-order valence-electron chi connectivity index (χ4n) is 4.25. The molecule has 34 heavy (non-hydrogen) atoms. The Bertz CT molecular complexity index is 1100. The summed E-state index contributed by atoms with van der Waals surface area (Å²) in [5, 5.41) is 13.6. The minimum absolute atomic E-state index is 0.0518. The maximum atomic E-state index is 13.2. The van der Waals surface area contributed by atoms with Crippen molar-refractivity contribution >= 4 is 40.7 Å². The molecule has 2 saturated heterocycles. The lowest BCUT2D eigenvalue weighted by Gasteiger charge is -2.39. The Morgan fingerprint density at radius 3 is 2.41 bits per heavy atom. The molecule has 2 heterocycles. The van der Waals surface area contributed by atoms with Gasteiger partial charge < -0.3 is 20.0 Å². The lowest BCUT2D eigenvalue weighted by Crippen LogP contribution is -2.59. The second-order valence-corrected chi connectivity index (χ2v) is 8.54. The zero-order valence-corrected chi connectivity index (χ0v) is 19.1. The van der Waals surface area contributed by atoms with Crippen molar-refractivity contribution in [3.05, 3.63) is 69.2 Å². The van der Waals surface area contributed by atoms with Gasteiger partial charge in [-0.2, -0.15) is 0 Å². The van der Waals surface area contributed by atoms with Gasteiger partial charge in [-0.15, -0.1) is 0 Å². The molecule has 0 radical (unpaired) electrons. The number of hydrogen-bond donors (Lipinski definition) is 1. The van der Waals surface area contributed by atoms with Gasteiger partial charge in [-0.3, -0.25) is 24.5 Å². The first-order valence-corrected chi connectivity index (χ1v) is 11.3. The number of nitrogens with zero attached hydrogens (tertiary/aromatic N) is 4. The van der Waals surface area contributed by atoms with E-state index >= 15 is 0 Å². The van der Waals surface area contributed by atoms with E-state index in [2.05, 4.69) is 10.2 Å². The second-order valence-electron chi connectivity index (χ2n) is 8.13. The third-order valence-electron chi connectivity index (χ3n) is 6.11. The molecule has 178 valence electrons. The quantitative estimate of drug-likeness (QED) is 0.511. The number of hydrogen-bond acceptors (Lipinski definition) is 6. The molecule has 3 amide bonds. The molecule has 0 aliphatic carbocycles. The van der Waals surface area contributed by atoms with Crippen molar-refractivity contribution in [2.75, 3.05) is 44.2 Å². The summed E-state index contributed by atoms with van der Waals surface area (Å²) >= 11 is 6.13. The van der Waals surface area contributed by atoms with E-state index in [0.717, 1.165) is 11.8 Å². The van der Waals surface area contributed by atoms with Gasteiger partial charge in [0.2, 0.25) is 11.8 Å². The van der Waals surface area contributed by atoms with Crippen molar-refractivity contribution in [1.29, 1.82) is 0 Å². The highest BCUT2D eigenvalue weighted by molar-refractivity contribution is 6.34. The Hall–Kier alpha value is -3.66. The maximum absolute atomic E-state index is 13.2. The van der Waals surface area contributed by atoms with Crippen molar-refractivity contribution in [1.82, 2.24) is 15.1 Å². The Balaban J connectivity index is 1.43. The Labute approximate surface area is 201 Å². The van der Waals surface area contributed by atoms with Crippen LogP contribution >= 0.6 is 11.6 Å². The molecule has 4 rings (SSSR count). The standard InChI is InChI=1S/C23H24ClN5O5/c24-19-14-17(29(33)34)6-7-18(19)23(32)28-9-8-25-22(31)20(28)15-21(30)27-12-10-26(11-13-27)16-4-2-1-3-5-16/h1-7,14,20H,8-13,15H2,(H,25,31)/t20-/m0/s1. The summed E-state index contributed by atoms with van der Waals surface area (Å²) in [6.07, 6.45) is -0.145. The topological polar surface area (TPSA) is 116 Å². The largest absolute Gasteiger partial charge is 0.368 e. The lowest BCUT2D eigenvalue weighted by molar-refractivity contribution is -0.384. The fourth-order valence-corrected chi connectivity index (χ4v) is 4.51. The average molecular weight is 486 g/mol. The summed E-state index contributed by atoms with van der Waals surface area (Å²) in [7, 11) is 0. The number of nitro groups is 1. The van der Waals surface area contributed by atoms with Gasteiger partial charge in [0.1, 0.15) is 6.04 Å². The monoisotopic (exact) mass is 485 g/mol. The van der Waals surface area contributed by atoms with Gasteiger partial charge in [-0.05, 0) is 18.2 Å². The van der Waals surface area contributed by atoms with Crippen LogP contribution in [0.4, 0.5) is 11.4 Å². The van der Waals surface area contributed by atoms with Crippen LogP contribution in [-0.2, 0) is 9.59 Å². The summed E-state index contributed by atoms with van der Waals surface area (Å²) in [5.41, 5.74) is 0.910. The number of non-ortho nitro benzene ring substituents is 1. The van der Waals surface area contributed by atoms with Crippen LogP contribution in [0.2, 0.25) is 5.02 Å². The second kappa shape index (κ2) is 10.1. The molecule has 1 atom stereocenters. The number of nitrogens with one attached hydrogen (secondary N) is 1. The van der Waals surface area contributed by atoms with E-state index in [1.165, 1.54) is 17.0 Å². The van der Waals surface area contributed by atoms with E-state index < -0.39 is 22.8 Å². The molecule has 2 fully saturated rings. The number of anilines is 1. The minimum atomic E-state index is -0.979. The van der Waals surface area contributed by atoms with Gasteiger partial charge in [0, 0.05) is 57.1 Å². The molecule has 2 aromatic rings. The Morgan fingerprint density at radius 2 is 1.76 bits per heavy atom. The number of amides is 3. The zero-order chi connectivity index (χ0) is 24.2. The predicted octanol–water partition coefficient (Wildman–Crippen LogP) is 1.93. The van der Waals surface area contributed by atoms with E-state index in [4.69, 9.17) is 11.6 Å². The molecule has 0 aromatic heterocycles. The average Bonchev–Trinajstić information content (AvgIpc) is 2.85. The Kier molecular flexibility index (Phi) is 6.97. The first-order chi connectivity index (χ1) is 16.3. The maximum Gasteiger partial charge on any atom is 0.270 e. The molecule has 0 saturated carbocycles. The molecule has 11 heteroatoms. The molecular formula is C23H24ClN5O5. The Morgan fingerprint density at radius 1 is 1.06 bits per heavy atom. The number of halogens is 1. The number of rotatable bonds is 5. The third-order valence-corrected chi connectivity index (χ3v) is 6.42. The van der Waals surface area contributed by atoms with Crippen LogP contribution in [0, 0.1) is 10.1 Å². The van der Waals surface area contributed by atoms with Crippen LogP contribution in [0.1, 0.15) is 16.8 Å². The lowest BCUT2D eigenvalue weighted by atomic mass is 10.0. The van der Waals surface area contributed by atoms with Crippen LogP contribution in [0.15, 0.2) is 48.5 Å². The first-order valence-electron chi connectivity index (χ1n) is 11.0. The minimum Gasteiger partial charge on any atom is -0.368 e. The third kappa shape index (κ3) is 4.96. The van der Waals surface area contributed by atoms with Gasteiger partial charge in [-0.25, -0.2) is 0 Å². The fraction of sp³-hybridized carbons (Fsp3) is 0.348. The van der Waals surface area contributed by atoms with Crippen molar-refractivity contribution < 1.29 is 19.3 Å². The molecule has 2 aliphatic rings. The van der Waals surface area contributed by atoms with Crippen LogP contribution in [0.25, 0.3) is 0 Å². The first kappa shape index (κ1) is 23.5. The normalized spacial score (nSPS) is 18.4. The number of carbonyl (C=O) groups excluding carboxylic acids is 3. The van der Waals surface area contributed by atoms with Gasteiger partial charge in [0.25, 0.3) is 11.6 Å². The van der Waals surface area contributed by atoms with Crippen LogP contribution < -0.4 is 10.2 Å². The van der Waals surface area contributed by atoms with Crippen LogP contribution in [0.3, 0.4) is 0 Å². The predicted molar refractivity (Wildman–Crippen MR) is 126 cm³/mol. The number of nitro benzene ring substituents is 1. The summed E-state index contributed by atoms with van der Waals surface area (Å²) in [4.78, 5) is 54.4. The molecule has 0 spiro atoms. The van der Waals surface area contributed by atoms with Crippen LogP contribution in [-0.4, -0.2) is 77.8 Å². The van der Waals surface area contributed by atoms with Gasteiger partial charge in [0.15, 0.2) is 0 Å². The van der Waals surface area contributed by atoms with E-state index in [-0.39, 0.29) is 41.7 Å². The van der Waals surface area contributed by atoms with Crippen molar-refractivity contribution in [2.45, 2.75) is 12.5 Å². The highest BCUT2D eigenvalue weighted by atomic mass is 35.5. The van der Waals surface area contributed by atoms with Crippen molar-refractivity contribution in [3.63, 3.8) is 0 Å². The summed E-state index contributed by atoms with van der Waals surface area (Å²) in [6, 6.07) is 12.5. The van der Waals surface area contributed by atoms with Gasteiger partial charge in [0.05, 0.1) is 21.9 Å². The summed E-state index contributed by atoms with van der Waals surface area (Å²) in [5.74, 6) is -1.15. The van der Waals surface area contributed by atoms with Gasteiger partial charge >= 0.3 is 0 Å². The summed E-state index contributed by atoms with van der Waals surface area (Å²) < 4.78 is 0. The van der Waals surface area contributed by atoms with E-state index in [1.807, 2.05) is 30.3 Å². The number of carbonyl (C=O) groups is 3.